The summed E-state index contributed by atoms with van der Waals surface area (Å²) >= 11 is 7.18. The molecule has 2 aromatic carbocycles. The second-order valence-electron chi connectivity index (χ2n) is 5.13. The van der Waals surface area contributed by atoms with Gasteiger partial charge in [-0.05, 0) is 56.5 Å². The van der Waals surface area contributed by atoms with Crippen molar-refractivity contribution in [2.75, 3.05) is 19.5 Å². The van der Waals surface area contributed by atoms with Crippen molar-refractivity contribution in [2.24, 2.45) is 0 Å². The van der Waals surface area contributed by atoms with Gasteiger partial charge in [0.05, 0.1) is 29.9 Å². The number of aryl methyl sites for hydroxylation is 1. The van der Waals surface area contributed by atoms with Crippen LogP contribution in [0.4, 0.5) is 11.5 Å². The van der Waals surface area contributed by atoms with Gasteiger partial charge < -0.3 is 14.8 Å². The summed E-state index contributed by atoms with van der Waals surface area (Å²) in [5, 5.41) is 4.19. The minimum absolute atomic E-state index is 0.631. The number of halogens is 2. The number of aromatic nitrogens is 2. The van der Waals surface area contributed by atoms with Crippen LogP contribution in [0.1, 0.15) is 5.56 Å². The first-order chi connectivity index (χ1) is 11.5. The van der Waals surface area contributed by atoms with E-state index in [4.69, 9.17) is 9.47 Å². The molecule has 0 aliphatic carbocycles. The van der Waals surface area contributed by atoms with Crippen molar-refractivity contribution >= 4 is 54.3 Å². The van der Waals surface area contributed by atoms with Crippen molar-refractivity contribution in [3.63, 3.8) is 0 Å². The van der Waals surface area contributed by atoms with E-state index in [0.29, 0.717) is 17.3 Å². The third-order valence-corrected chi connectivity index (χ3v) is 6.05. The molecule has 5 nitrogen and oxygen atoms in total. The van der Waals surface area contributed by atoms with Gasteiger partial charge in [-0.3, -0.25) is 0 Å². The fraction of sp³-hybridized carbons (Fsp3) is 0.176. The number of fused-ring (bicyclic) bond motifs is 1. The smallest absolute Gasteiger partial charge is 0.162 e. The molecule has 0 aliphatic heterocycles. The van der Waals surface area contributed by atoms with Crippen LogP contribution in [0.5, 0.6) is 11.5 Å². The van der Waals surface area contributed by atoms with Gasteiger partial charge in [-0.25, -0.2) is 9.97 Å². The molecule has 0 amide bonds. The van der Waals surface area contributed by atoms with Gasteiger partial charge >= 0.3 is 0 Å². The molecule has 24 heavy (non-hydrogen) atoms. The molecule has 124 valence electrons. The van der Waals surface area contributed by atoms with Gasteiger partial charge in [-0.1, -0.05) is 6.07 Å². The Labute approximate surface area is 156 Å². The van der Waals surface area contributed by atoms with E-state index in [1.54, 1.807) is 14.2 Å². The van der Waals surface area contributed by atoms with E-state index in [2.05, 4.69) is 47.1 Å². The van der Waals surface area contributed by atoms with Gasteiger partial charge in [0.15, 0.2) is 11.5 Å². The largest absolute Gasteiger partial charge is 0.493 e. The molecule has 7 heteroatoms. The van der Waals surface area contributed by atoms with Crippen LogP contribution in [-0.4, -0.2) is 24.2 Å². The summed E-state index contributed by atoms with van der Waals surface area (Å²) in [7, 11) is 3.21. The van der Waals surface area contributed by atoms with E-state index < -0.39 is 0 Å². The predicted molar refractivity (Wildman–Crippen MR) is 103 cm³/mol. The number of hydrogen-bond donors (Lipinski definition) is 1. The van der Waals surface area contributed by atoms with Crippen molar-refractivity contribution in [1.29, 1.82) is 0 Å². The summed E-state index contributed by atoms with van der Waals surface area (Å²) in [6.07, 6.45) is 1.52. The highest BCUT2D eigenvalue weighted by molar-refractivity contribution is 9.13. The summed E-state index contributed by atoms with van der Waals surface area (Å²) in [5.41, 5.74) is 2.82. The summed E-state index contributed by atoms with van der Waals surface area (Å²) in [6, 6.07) is 7.73. The Morgan fingerprint density at radius 3 is 2.38 bits per heavy atom. The molecule has 0 unspecified atom stereocenters. The molecule has 0 saturated carbocycles. The molecule has 0 atom stereocenters. The lowest BCUT2D eigenvalue weighted by molar-refractivity contribution is 0.356. The standard InChI is InChI=1S/C17H15Br2N3O2/c1-9-4-5-11(16(19)15(9)18)22-17-10-6-13(23-2)14(24-3)7-12(10)20-8-21-17/h4-8H,1-3H3,(H,20,21,22). The van der Waals surface area contributed by atoms with E-state index in [1.165, 1.54) is 6.33 Å². The van der Waals surface area contributed by atoms with Crippen LogP contribution in [0, 0.1) is 6.92 Å². The van der Waals surface area contributed by atoms with Crippen molar-refractivity contribution in [3.05, 3.63) is 45.1 Å². The Hall–Kier alpha value is -1.86. The Morgan fingerprint density at radius 2 is 1.67 bits per heavy atom. The van der Waals surface area contributed by atoms with Crippen LogP contribution < -0.4 is 14.8 Å². The van der Waals surface area contributed by atoms with Crippen LogP contribution in [0.25, 0.3) is 10.9 Å². The van der Waals surface area contributed by atoms with Crippen LogP contribution in [0.2, 0.25) is 0 Å². The predicted octanol–water partition coefficient (Wildman–Crippen LogP) is 5.22. The van der Waals surface area contributed by atoms with E-state index in [9.17, 15) is 0 Å². The topological polar surface area (TPSA) is 56.3 Å². The molecule has 0 spiro atoms. The summed E-state index contributed by atoms with van der Waals surface area (Å²) < 4.78 is 12.7. The van der Waals surface area contributed by atoms with Crippen LogP contribution >= 0.6 is 31.9 Å². The van der Waals surface area contributed by atoms with Crippen LogP contribution in [0.3, 0.4) is 0 Å². The average Bonchev–Trinajstić information content (AvgIpc) is 2.61. The first-order valence-electron chi connectivity index (χ1n) is 7.13. The van der Waals surface area contributed by atoms with E-state index in [0.717, 1.165) is 31.1 Å². The second kappa shape index (κ2) is 6.94. The lowest BCUT2D eigenvalue weighted by Gasteiger charge is -2.14. The maximum Gasteiger partial charge on any atom is 0.162 e. The number of nitrogens with one attached hydrogen (secondary N) is 1. The highest BCUT2D eigenvalue weighted by atomic mass is 79.9. The molecule has 0 bridgehead atoms. The van der Waals surface area contributed by atoms with Gasteiger partial charge in [0.1, 0.15) is 12.1 Å². The Balaban J connectivity index is 2.12. The molecular formula is C17H15Br2N3O2. The number of benzene rings is 2. The number of anilines is 2. The molecule has 1 aromatic heterocycles. The first-order valence-corrected chi connectivity index (χ1v) is 8.72. The SMILES string of the molecule is COc1cc2ncnc(Nc3ccc(C)c(Br)c3Br)c2cc1OC. The number of rotatable bonds is 4. The quantitative estimate of drug-likeness (QED) is 0.587. The van der Waals surface area contributed by atoms with E-state index >= 15 is 0 Å². The zero-order chi connectivity index (χ0) is 17.3. The van der Waals surface area contributed by atoms with Crippen molar-refractivity contribution in [2.45, 2.75) is 6.92 Å². The monoisotopic (exact) mass is 451 g/mol. The number of nitrogens with zero attached hydrogens (tertiary/aromatic N) is 2. The molecule has 0 aliphatic rings. The number of hydrogen-bond acceptors (Lipinski definition) is 5. The summed E-state index contributed by atoms with van der Waals surface area (Å²) in [5.74, 6) is 1.96. The minimum atomic E-state index is 0.631. The highest BCUT2D eigenvalue weighted by Crippen LogP contribution is 2.37. The molecule has 3 rings (SSSR count). The van der Waals surface area contributed by atoms with E-state index in [1.807, 2.05) is 31.2 Å². The van der Waals surface area contributed by atoms with Gasteiger partial charge in [0, 0.05) is 15.9 Å². The molecule has 3 aromatic rings. The van der Waals surface area contributed by atoms with Crippen LogP contribution in [0.15, 0.2) is 39.5 Å². The Bertz CT molecular complexity index is 916. The number of ether oxygens (including phenoxy) is 2. The number of methoxy groups -OCH3 is 2. The normalized spacial score (nSPS) is 10.7. The third kappa shape index (κ3) is 3.06. The maximum atomic E-state index is 5.38. The lowest BCUT2D eigenvalue weighted by Crippen LogP contribution is -1.99. The Kier molecular flexibility index (Phi) is 4.91. The molecule has 1 heterocycles. The third-order valence-electron chi connectivity index (χ3n) is 3.67. The lowest BCUT2D eigenvalue weighted by atomic mass is 10.2. The van der Waals surface area contributed by atoms with Gasteiger partial charge in [0.25, 0.3) is 0 Å². The fourth-order valence-electron chi connectivity index (χ4n) is 2.35. The molecular weight excluding hydrogens is 438 g/mol. The highest BCUT2D eigenvalue weighted by Gasteiger charge is 2.13. The fourth-order valence-corrected chi connectivity index (χ4v) is 3.24. The van der Waals surface area contributed by atoms with Gasteiger partial charge in [-0.2, -0.15) is 0 Å². The van der Waals surface area contributed by atoms with Crippen molar-refractivity contribution in [3.8, 4) is 11.5 Å². The van der Waals surface area contributed by atoms with E-state index in [-0.39, 0.29) is 0 Å². The van der Waals surface area contributed by atoms with Crippen molar-refractivity contribution < 1.29 is 9.47 Å². The zero-order valence-electron chi connectivity index (χ0n) is 13.4. The first kappa shape index (κ1) is 17.0. The van der Waals surface area contributed by atoms with Gasteiger partial charge in [0.2, 0.25) is 0 Å². The Morgan fingerprint density at radius 1 is 0.958 bits per heavy atom. The summed E-state index contributed by atoms with van der Waals surface area (Å²) in [6.45, 7) is 2.04. The molecule has 1 N–H and O–H groups in total. The van der Waals surface area contributed by atoms with Crippen molar-refractivity contribution in [1.82, 2.24) is 9.97 Å². The maximum absolute atomic E-state index is 5.38. The zero-order valence-corrected chi connectivity index (χ0v) is 16.5. The average molecular weight is 453 g/mol. The molecule has 0 saturated heterocycles. The minimum Gasteiger partial charge on any atom is -0.493 e. The van der Waals surface area contributed by atoms with Gasteiger partial charge in [-0.15, -0.1) is 0 Å². The van der Waals surface area contributed by atoms with Crippen LogP contribution in [-0.2, 0) is 0 Å². The summed E-state index contributed by atoms with van der Waals surface area (Å²) in [4.78, 5) is 8.69. The molecule has 0 fully saturated rings. The molecule has 0 radical (unpaired) electrons. The second-order valence-corrected chi connectivity index (χ2v) is 6.72.